The number of aryl methyl sites for hydroxylation is 2. The highest BCUT2D eigenvalue weighted by atomic mass is 16.5. The van der Waals surface area contributed by atoms with Crippen molar-refractivity contribution >= 4 is 22.7 Å². The number of carbonyl (C=O) groups is 1. The van der Waals surface area contributed by atoms with E-state index in [0.717, 1.165) is 22.0 Å². The van der Waals surface area contributed by atoms with Crippen molar-refractivity contribution in [2.24, 2.45) is 0 Å². The first-order valence-electron chi connectivity index (χ1n) is 8.23. The van der Waals surface area contributed by atoms with E-state index in [1.807, 2.05) is 26.0 Å². The van der Waals surface area contributed by atoms with Crippen LogP contribution in [-0.2, 0) is 4.74 Å². The summed E-state index contributed by atoms with van der Waals surface area (Å²) in [5.74, 6) is 0.0845. The van der Waals surface area contributed by atoms with E-state index in [0.29, 0.717) is 23.5 Å². The zero-order valence-corrected chi connectivity index (χ0v) is 14.6. The fourth-order valence-electron chi connectivity index (χ4n) is 2.71. The van der Waals surface area contributed by atoms with Crippen molar-refractivity contribution in [2.45, 2.75) is 13.8 Å². The minimum atomic E-state index is -0.394. The first-order valence-corrected chi connectivity index (χ1v) is 8.23. The molecule has 1 N–H and O–H groups in total. The predicted molar refractivity (Wildman–Crippen MR) is 98.9 cm³/mol. The molecule has 26 heavy (non-hydrogen) atoms. The van der Waals surface area contributed by atoms with Gasteiger partial charge >= 0.3 is 5.97 Å². The maximum atomic E-state index is 12.5. The molecule has 0 saturated carbocycles. The van der Waals surface area contributed by atoms with Gasteiger partial charge in [-0.15, -0.1) is 0 Å². The largest absolute Gasteiger partial charge is 0.460 e. The highest BCUT2D eigenvalue weighted by molar-refractivity contribution is 6.04. The number of anilines is 1. The van der Waals surface area contributed by atoms with E-state index in [-0.39, 0.29) is 6.61 Å². The van der Waals surface area contributed by atoms with Crippen molar-refractivity contribution in [3.63, 3.8) is 0 Å². The highest BCUT2D eigenvalue weighted by Gasteiger charge is 2.15. The molecule has 0 spiro atoms. The van der Waals surface area contributed by atoms with Gasteiger partial charge in [0.2, 0.25) is 0 Å². The Morgan fingerprint density at radius 2 is 2.00 bits per heavy atom. The van der Waals surface area contributed by atoms with Gasteiger partial charge in [0, 0.05) is 17.8 Å². The number of nitrogens with zero attached hydrogens (tertiary/aromatic N) is 3. The average molecular weight is 346 g/mol. The van der Waals surface area contributed by atoms with Crippen molar-refractivity contribution in [1.82, 2.24) is 9.97 Å². The number of ether oxygens (including phenoxy) is 1. The summed E-state index contributed by atoms with van der Waals surface area (Å²) < 4.78 is 5.39. The summed E-state index contributed by atoms with van der Waals surface area (Å²) in [7, 11) is 0. The maximum absolute atomic E-state index is 12.5. The second kappa shape index (κ2) is 7.62. The van der Waals surface area contributed by atoms with Crippen LogP contribution in [0.15, 0.2) is 42.7 Å². The number of esters is 1. The smallest absolute Gasteiger partial charge is 0.338 e. The lowest BCUT2D eigenvalue weighted by atomic mass is 10.00. The summed E-state index contributed by atoms with van der Waals surface area (Å²) in [5.41, 5.74) is 3.81. The van der Waals surface area contributed by atoms with E-state index in [2.05, 4.69) is 21.4 Å². The molecule has 2 heterocycles. The molecule has 0 aliphatic carbocycles. The fourth-order valence-corrected chi connectivity index (χ4v) is 2.71. The zero-order chi connectivity index (χ0) is 18.5. The van der Waals surface area contributed by atoms with Gasteiger partial charge in [0.25, 0.3) is 0 Å². The summed E-state index contributed by atoms with van der Waals surface area (Å²) in [6.45, 7) is 4.46. The molecule has 0 amide bonds. The third kappa shape index (κ3) is 3.47. The molecule has 0 aliphatic rings. The molecule has 3 aromatic rings. The van der Waals surface area contributed by atoms with Crippen molar-refractivity contribution < 1.29 is 9.53 Å². The maximum Gasteiger partial charge on any atom is 0.338 e. The summed E-state index contributed by atoms with van der Waals surface area (Å²) >= 11 is 0. The van der Waals surface area contributed by atoms with Gasteiger partial charge in [0.1, 0.15) is 18.5 Å². The van der Waals surface area contributed by atoms with E-state index in [4.69, 9.17) is 10.00 Å². The summed E-state index contributed by atoms with van der Waals surface area (Å²) in [6.07, 6.45) is 3.32. The number of benzene rings is 1. The number of hydrogen-bond donors (Lipinski definition) is 1. The topological polar surface area (TPSA) is 87.9 Å². The van der Waals surface area contributed by atoms with Gasteiger partial charge in [-0.3, -0.25) is 4.98 Å². The molecule has 0 saturated heterocycles. The van der Waals surface area contributed by atoms with Crippen LogP contribution in [0.5, 0.6) is 0 Å². The Hall–Kier alpha value is -3.46. The van der Waals surface area contributed by atoms with Crippen LogP contribution in [-0.4, -0.2) is 29.1 Å². The number of rotatable bonds is 5. The van der Waals surface area contributed by atoms with Gasteiger partial charge in [-0.05, 0) is 49.2 Å². The van der Waals surface area contributed by atoms with Gasteiger partial charge < -0.3 is 10.1 Å². The van der Waals surface area contributed by atoms with Crippen molar-refractivity contribution in [3.8, 4) is 6.07 Å². The highest BCUT2D eigenvalue weighted by Crippen LogP contribution is 2.24. The molecule has 3 rings (SSSR count). The Morgan fingerprint density at radius 1 is 1.23 bits per heavy atom. The van der Waals surface area contributed by atoms with Gasteiger partial charge in [-0.2, -0.15) is 5.26 Å². The first-order chi connectivity index (χ1) is 12.6. The van der Waals surface area contributed by atoms with Crippen molar-refractivity contribution in [2.75, 3.05) is 18.5 Å². The molecule has 2 aromatic heterocycles. The number of carbonyl (C=O) groups excluding carboxylic acids is 1. The van der Waals surface area contributed by atoms with E-state index in [1.165, 1.54) is 0 Å². The lowest BCUT2D eigenvalue weighted by Gasteiger charge is -2.12. The van der Waals surface area contributed by atoms with E-state index in [1.54, 1.807) is 30.6 Å². The quantitative estimate of drug-likeness (QED) is 0.563. The fraction of sp³-hybridized carbons (Fsp3) is 0.200. The zero-order valence-electron chi connectivity index (χ0n) is 14.6. The lowest BCUT2D eigenvalue weighted by molar-refractivity contribution is 0.0523. The van der Waals surface area contributed by atoms with Crippen molar-refractivity contribution in [1.29, 1.82) is 5.26 Å². The molecule has 0 radical (unpaired) electrons. The van der Waals surface area contributed by atoms with Gasteiger partial charge in [-0.25, -0.2) is 9.78 Å². The second-order valence-electron chi connectivity index (χ2n) is 5.84. The third-order valence-electron chi connectivity index (χ3n) is 4.18. The van der Waals surface area contributed by atoms with Crippen LogP contribution in [0.1, 0.15) is 27.0 Å². The minimum Gasteiger partial charge on any atom is -0.460 e. The average Bonchev–Trinajstić information content (AvgIpc) is 2.68. The molecule has 6 heteroatoms. The number of nitriles is 1. The molecule has 0 bridgehead atoms. The molecular formula is C20H18N4O2. The van der Waals surface area contributed by atoms with Crippen LogP contribution >= 0.6 is 0 Å². The molecule has 130 valence electrons. The van der Waals surface area contributed by atoms with Gasteiger partial charge in [0.05, 0.1) is 23.2 Å². The predicted octanol–water partition coefficient (Wildman–Crippen LogP) is 3.39. The monoisotopic (exact) mass is 346 g/mol. The Morgan fingerprint density at radius 3 is 2.81 bits per heavy atom. The van der Waals surface area contributed by atoms with Crippen LogP contribution in [0.3, 0.4) is 0 Å². The minimum absolute atomic E-state index is 0.162. The normalized spacial score (nSPS) is 10.3. The Bertz CT molecular complexity index is 1010. The Labute approximate surface area is 151 Å². The summed E-state index contributed by atoms with van der Waals surface area (Å²) in [4.78, 5) is 21.0. The Balaban J connectivity index is 1.69. The number of aromatic nitrogens is 2. The molecule has 1 aromatic carbocycles. The SMILES string of the molecule is Cc1cc(C(=O)OCCNc2ncccc2C#N)c2cccnc2c1C. The number of fused-ring (bicyclic) bond motifs is 1. The Kier molecular flexibility index (Phi) is 5.09. The second-order valence-corrected chi connectivity index (χ2v) is 5.84. The van der Waals surface area contributed by atoms with Crippen LogP contribution in [0, 0.1) is 25.2 Å². The molecule has 0 aliphatic heterocycles. The molecule has 0 fully saturated rings. The van der Waals surface area contributed by atoms with Crippen LogP contribution < -0.4 is 5.32 Å². The van der Waals surface area contributed by atoms with E-state index >= 15 is 0 Å². The van der Waals surface area contributed by atoms with Crippen LogP contribution in [0.2, 0.25) is 0 Å². The number of hydrogen-bond acceptors (Lipinski definition) is 6. The van der Waals surface area contributed by atoms with E-state index in [9.17, 15) is 4.79 Å². The number of pyridine rings is 2. The van der Waals surface area contributed by atoms with Gasteiger partial charge in [-0.1, -0.05) is 6.07 Å². The molecule has 0 atom stereocenters. The summed E-state index contributed by atoms with van der Waals surface area (Å²) in [5, 5.41) is 12.8. The van der Waals surface area contributed by atoms with Gasteiger partial charge in [0.15, 0.2) is 0 Å². The first kappa shape index (κ1) is 17.4. The number of nitrogens with one attached hydrogen (secondary N) is 1. The van der Waals surface area contributed by atoms with Crippen LogP contribution in [0.25, 0.3) is 10.9 Å². The summed E-state index contributed by atoms with van der Waals surface area (Å²) in [6, 6.07) is 10.9. The molecular weight excluding hydrogens is 328 g/mol. The van der Waals surface area contributed by atoms with Crippen molar-refractivity contribution in [3.05, 3.63) is 65.0 Å². The molecule has 6 nitrogen and oxygen atoms in total. The molecule has 0 unspecified atom stereocenters. The van der Waals surface area contributed by atoms with Crippen LogP contribution in [0.4, 0.5) is 5.82 Å². The lowest BCUT2D eigenvalue weighted by Crippen LogP contribution is -2.15. The van der Waals surface area contributed by atoms with E-state index < -0.39 is 5.97 Å². The standard InChI is InChI=1S/C20H18N4O2/c1-13-11-17(16-6-4-7-22-18(16)14(13)2)20(25)26-10-9-24-19-15(12-21)5-3-8-23-19/h3-8,11H,9-10H2,1-2H3,(H,23,24). The third-order valence-corrected chi connectivity index (χ3v) is 4.18.